The number of pyridine rings is 1. The summed E-state index contributed by atoms with van der Waals surface area (Å²) in [5, 5.41) is 10.6. The van der Waals surface area contributed by atoms with Gasteiger partial charge in [0.05, 0.1) is 41.6 Å². The molecular formula is C21H16F5N5O3. The predicted molar refractivity (Wildman–Crippen MR) is 107 cm³/mol. The van der Waals surface area contributed by atoms with Gasteiger partial charge in [0.1, 0.15) is 17.2 Å². The van der Waals surface area contributed by atoms with E-state index in [0.717, 1.165) is 24.4 Å². The van der Waals surface area contributed by atoms with Gasteiger partial charge in [-0.05, 0) is 25.0 Å². The number of nitrogens with one attached hydrogen (secondary N) is 3. The van der Waals surface area contributed by atoms with Crippen LogP contribution in [0.25, 0.3) is 0 Å². The molecule has 34 heavy (non-hydrogen) atoms. The zero-order valence-corrected chi connectivity index (χ0v) is 17.2. The maximum Gasteiger partial charge on any atom is 0.418 e. The van der Waals surface area contributed by atoms with E-state index in [2.05, 4.69) is 26.1 Å². The zero-order valence-electron chi connectivity index (χ0n) is 17.2. The molecule has 0 spiro atoms. The highest BCUT2D eigenvalue weighted by Crippen LogP contribution is 2.38. The monoisotopic (exact) mass is 481 g/mol. The number of carbonyl (C=O) groups is 2. The van der Waals surface area contributed by atoms with Crippen molar-refractivity contribution in [3.05, 3.63) is 71.4 Å². The number of alkyl halides is 3. The van der Waals surface area contributed by atoms with E-state index in [1.807, 2.05) is 0 Å². The molecule has 13 heteroatoms. The van der Waals surface area contributed by atoms with Crippen LogP contribution in [0.5, 0.6) is 0 Å². The zero-order chi connectivity index (χ0) is 24.5. The summed E-state index contributed by atoms with van der Waals surface area (Å²) in [6.45, 7) is -0.349. The van der Waals surface area contributed by atoms with Gasteiger partial charge in [0.25, 0.3) is 5.91 Å². The van der Waals surface area contributed by atoms with Crippen LogP contribution in [-0.4, -0.2) is 27.5 Å². The van der Waals surface area contributed by atoms with Gasteiger partial charge in [0.2, 0.25) is 11.7 Å². The maximum absolute atomic E-state index is 14.5. The van der Waals surface area contributed by atoms with Gasteiger partial charge in [0.15, 0.2) is 0 Å². The van der Waals surface area contributed by atoms with Crippen molar-refractivity contribution < 1.29 is 36.1 Å². The van der Waals surface area contributed by atoms with Crippen molar-refractivity contribution in [1.82, 2.24) is 20.8 Å². The first-order valence-electron chi connectivity index (χ1n) is 9.88. The number of hydrogen-bond acceptors (Lipinski definition) is 6. The molecule has 3 N–H and O–H groups in total. The van der Waals surface area contributed by atoms with Crippen LogP contribution in [0.1, 0.15) is 34.7 Å². The summed E-state index contributed by atoms with van der Waals surface area (Å²) in [6.07, 6.45) is -1.82. The number of hydrogen-bond donors (Lipinski definition) is 3. The van der Waals surface area contributed by atoms with Gasteiger partial charge >= 0.3 is 6.18 Å². The van der Waals surface area contributed by atoms with Crippen LogP contribution in [0.3, 0.4) is 0 Å². The second kappa shape index (κ2) is 8.72. The molecule has 1 aliphatic rings. The molecule has 0 saturated heterocycles. The van der Waals surface area contributed by atoms with Crippen molar-refractivity contribution >= 4 is 23.2 Å². The van der Waals surface area contributed by atoms with Crippen LogP contribution < -0.4 is 16.0 Å². The fourth-order valence-electron chi connectivity index (χ4n) is 3.18. The SMILES string of the molecule is O=C(NC1(C(=O)NCc2ncc(Nc3c(F)cccc3C(F)(F)F)cc2F)CC1)c1ccno1. The minimum atomic E-state index is -4.83. The van der Waals surface area contributed by atoms with E-state index >= 15 is 0 Å². The Kier molecular flexibility index (Phi) is 5.94. The summed E-state index contributed by atoms with van der Waals surface area (Å²) in [6, 6.07) is 4.60. The Bertz CT molecular complexity index is 1230. The topological polar surface area (TPSA) is 109 Å². The van der Waals surface area contributed by atoms with E-state index in [-0.39, 0.29) is 23.7 Å². The number of anilines is 2. The first-order chi connectivity index (χ1) is 16.1. The van der Waals surface area contributed by atoms with Crippen molar-refractivity contribution in [2.75, 3.05) is 5.32 Å². The molecule has 4 rings (SSSR count). The molecule has 178 valence electrons. The average Bonchev–Trinajstić information content (AvgIpc) is 3.34. The highest BCUT2D eigenvalue weighted by molar-refractivity contribution is 5.99. The Balaban J connectivity index is 1.41. The molecule has 3 aromatic rings. The second-order valence-electron chi connectivity index (χ2n) is 7.53. The molecule has 0 unspecified atom stereocenters. The molecule has 8 nitrogen and oxygen atoms in total. The first kappa shape index (κ1) is 23.1. The van der Waals surface area contributed by atoms with Gasteiger partial charge < -0.3 is 20.5 Å². The number of rotatable bonds is 7. The molecule has 0 radical (unpaired) electrons. The van der Waals surface area contributed by atoms with Crippen LogP contribution in [0.2, 0.25) is 0 Å². The number of para-hydroxylation sites is 1. The molecule has 0 aliphatic heterocycles. The highest BCUT2D eigenvalue weighted by Gasteiger charge is 2.51. The lowest BCUT2D eigenvalue weighted by Gasteiger charge is -2.17. The van der Waals surface area contributed by atoms with Crippen LogP contribution in [0.4, 0.5) is 33.3 Å². The van der Waals surface area contributed by atoms with E-state index < -0.39 is 46.4 Å². The molecular weight excluding hydrogens is 465 g/mol. The van der Waals surface area contributed by atoms with E-state index in [1.165, 1.54) is 12.3 Å². The molecule has 1 aromatic carbocycles. The van der Waals surface area contributed by atoms with Crippen LogP contribution in [0, 0.1) is 11.6 Å². The quantitative estimate of drug-likeness (QED) is 0.444. The van der Waals surface area contributed by atoms with Gasteiger partial charge in [-0.3, -0.25) is 14.6 Å². The van der Waals surface area contributed by atoms with Crippen molar-refractivity contribution in [3.8, 4) is 0 Å². The Morgan fingerprint density at radius 1 is 1.12 bits per heavy atom. The summed E-state index contributed by atoms with van der Waals surface area (Å²) >= 11 is 0. The van der Waals surface area contributed by atoms with E-state index in [4.69, 9.17) is 4.52 Å². The molecule has 1 fully saturated rings. The Morgan fingerprint density at radius 2 is 1.88 bits per heavy atom. The largest absolute Gasteiger partial charge is 0.418 e. The molecule has 1 aliphatic carbocycles. The molecule has 2 aromatic heterocycles. The van der Waals surface area contributed by atoms with E-state index in [0.29, 0.717) is 18.9 Å². The van der Waals surface area contributed by atoms with Gasteiger partial charge in [0, 0.05) is 12.1 Å². The first-order valence-corrected chi connectivity index (χ1v) is 9.88. The average molecular weight is 481 g/mol. The lowest BCUT2D eigenvalue weighted by Crippen LogP contribution is -2.48. The lowest BCUT2D eigenvalue weighted by molar-refractivity contribution is -0.137. The molecule has 0 atom stereocenters. The van der Waals surface area contributed by atoms with Gasteiger partial charge in [-0.25, -0.2) is 8.78 Å². The standard InChI is InChI=1S/C21H16F5N5O3/c22-13-3-1-2-12(21(24,25)26)17(13)30-11-8-14(23)15(27-9-11)10-28-19(33)20(5-6-20)31-18(32)16-4-7-29-34-16/h1-4,7-9,30H,5-6,10H2,(H,28,33)(H,31,32). The van der Waals surface area contributed by atoms with Crippen molar-refractivity contribution in [2.45, 2.75) is 31.1 Å². The number of carbonyl (C=O) groups excluding carboxylic acids is 2. The lowest BCUT2D eigenvalue weighted by atomic mass is 10.1. The highest BCUT2D eigenvalue weighted by atomic mass is 19.4. The Hall–Kier alpha value is -4.03. The van der Waals surface area contributed by atoms with Crippen LogP contribution >= 0.6 is 0 Å². The van der Waals surface area contributed by atoms with Crippen molar-refractivity contribution in [3.63, 3.8) is 0 Å². The van der Waals surface area contributed by atoms with Gasteiger partial charge in [-0.2, -0.15) is 13.2 Å². The Labute approximate surface area is 188 Å². The predicted octanol–water partition coefficient (Wildman–Crippen LogP) is 3.69. The summed E-state index contributed by atoms with van der Waals surface area (Å²) in [5.41, 5.74) is -3.72. The number of aromatic nitrogens is 2. The number of nitrogens with zero attached hydrogens (tertiary/aromatic N) is 2. The minimum absolute atomic E-state index is 0.0709. The summed E-state index contributed by atoms with van der Waals surface area (Å²) in [4.78, 5) is 28.4. The number of benzene rings is 1. The fraction of sp³-hybridized carbons (Fsp3) is 0.238. The fourth-order valence-corrected chi connectivity index (χ4v) is 3.18. The third-order valence-electron chi connectivity index (χ3n) is 5.12. The van der Waals surface area contributed by atoms with E-state index in [9.17, 15) is 31.5 Å². The van der Waals surface area contributed by atoms with Gasteiger partial charge in [-0.1, -0.05) is 11.2 Å². The smallest absolute Gasteiger partial charge is 0.351 e. The minimum Gasteiger partial charge on any atom is -0.351 e. The third-order valence-corrected chi connectivity index (χ3v) is 5.12. The summed E-state index contributed by atoms with van der Waals surface area (Å²) < 4.78 is 72.6. The van der Waals surface area contributed by atoms with Gasteiger partial charge in [-0.15, -0.1) is 0 Å². The summed E-state index contributed by atoms with van der Waals surface area (Å²) in [5.74, 6) is -3.38. The molecule has 1 saturated carbocycles. The van der Waals surface area contributed by atoms with Crippen LogP contribution in [-0.2, 0) is 17.5 Å². The Morgan fingerprint density at radius 3 is 2.50 bits per heavy atom. The number of halogens is 5. The van der Waals surface area contributed by atoms with Crippen molar-refractivity contribution in [1.29, 1.82) is 0 Å². The summed E-state index contributed by atoms with van der Waals surface area (Å²) in [7, 11) is 0. The second-order valence-corrected chi connectivity index (χ2v) is 7.53. The van der Waals surface area contributed by atoms with Crippen LogP contribution in [0.15, 0.2) is 47.2 Å². The number of amides is 2. The molecule has 2 amide bonds. The third kappa shape index (κ3) is 4.82. The molecule has 2 heterocycles. The molecule has 0 bridgehead atoms. The normalized spacial score (nSPS) is 14.4. The van der Waals surface area contributed by atoms with E-state index in [1.54, 1.807) is 0 Å². The van der Waals surface area contributed by atoms with Crippen molar-refractivity contribution in [2.24, 2.45) is 0 Å². The maximum atomic E-state index is 14.5.